The molecule has 0 aliphatic carbocycles. The van der Waals surface area contributed by atoms with Crippen molar-refractivity contribution in [3.8, 4) is 0 Å². The quantitative estimate of drug-likeness (QED) is 0.869. The minimum Gasteiger partial charge on any atom is -0.325 e. The average molecular weight is 273 g/mol. The summed E-state index contributed by atoms with van der Waals surface area (Å²) in [5.41, 5.74) is 0.287. The fraction of sp³-hybridized carbons (Fsp3) is 0.417. The highest BCUT2D eigenvalue weighted by molar-refractivity contribution is 6.35. The van der Waals surface area contributed by atoms with Gasteiger partial charge in [-0.15, -0.1) is 0 Å². The van der Waals surface area contributed by atoms with Crippen LogP contribution in [0.2, 0.25) is 10.0 Å². The van der Waals surface area contributed by atoms with Crippen LogP contribution in [0.15, 0.2) is 18.2 Å². The topological polar surface area (TPSA) is 41.1 Å². The zero-order valence-corrected chi connectivity index (χ0v) is 11.0. The van der Waals surface area contributed by atoms with Crippen molar-refractivity contribution in [3.63, 3.8) is 0 Å². The smallest absolute Gasteiger partial charge is 0.231 e. The number of benzene rings is 1. The molecule has 0 radical (unpaired) electrons. The first-order valence-electron chi connectivity index (χ1n) is 5.48. The van der Waals surface area contributed by atoms with Crippen molar-refractivity contribution in [2.45, 2.75) is 13.3 Å². The molecule has 5 heteroatoms. The lowest BCUT2D eigenvalue weighted by atomic mass is 9.89. The molecular formula is C12H14Cl2N2O. The van der Waals surface area contributed by atoms with Crippen LogP contribution in [0.3, 0.4) is 0 Å². The zero-order chi connectivity index (χ0) is 12.5. The van der Waals surface area contributed by atoms with Gasteiger partial charge in [-0.3, -0.25) is 4.79 Å². The lowest BCUT2D eigenvalue weighted by molar-refractivity contribution is -0.123. The van der Waals surface area contributed by atoms with Crippen LogP contribution in [0, 0.1) is 5.41 Å². The van der Waals surface area contributed by atoms with E-state index in [9.17, 15) is 4.79 Å². The minimum absolute atomic E-state index is 0.000772. The molecule has 2 rings (SSSR count). The molecule has 1 heterocycles. The molecule has 92 valence electrons. The lowest BCUT2D eigenvalue weighted by Gasteiger charge is -2.21. The highest BCUT2D eigenvalue weighted by Gasteiger charge is 2.36. The molecule has 1 saturated heterocycles. The van der Waals surface area contributed by atoms with Crippen molar-refractivity contribution in [3.05, 3.63) is 28.2 Å². The van der Waals surface area contributed by atoms with E-state index in [0.717, 1.165) is 13.0 Å². The second-order valence-electron chi connectivity index (χ2n) is 4.60. The number of hydrogen-bond donors (Lipinski definition) is 2. The number of anilines is 1. The van der Waals surface area contributed by atoms with Gasteiger partial charge in [0.2, 0.25) is 5.91 Å². The second-order valence-corrected chi connectivity index (χ2v) is 5.47. The first-order chi connectivity index (χ1) is 7.99. The van der Waals surface area contributed by atoms with Crippen molar-refractivity contribution < 1.29 is 4.79 Å². The Morgan fingerprint density at radius 2 is 2.00 bits per heavy atom. The maximum absolute atomic E-state index is 12.1. The van der Waals surface area contributed by atoms with Crippen molar-refractivity contribution in [1.29, 1.82) is 0 Å². The summed E-state index contributed by atoms with van der Waals surface area (Å²) in [4.78, 5) is 12.1. The summed E-state index contributed by atoms with van der Waals surface area (Å²) >= 11 is 11.8. The monoisotopic (exact) mass is 272 g/mol. The molecule has 2 N–H and O–H groups in total. The molecule has 1 fully saturated rings. The normalized spacial score (nSPS) is 23.7. The van der Waals surface area contributed by atoms with Crippen LogP contribution >= 0.6 is 23.2 Å². The van der Waals surface area contributed by atoms with Crippen molar-refractivity contribution in [1.82, 2.24) is 5.32 Å². The summed E-state index contributed by atoms with van der Waals surface area (Å²) in [6, 6.07) is 5.02. The Morgan fingerprint density at radius 1 is 1.35 bits per heavy atom. The van der Waals surface area contributed by atoms with Gasteiger partial charge < -0.3 is 10.6 Å². The van der Waals surface area contributed by atoms with Crippen molar-refractivity contribution in [2.75, 3.05) is 18.4 Å². The van der Waals surface area contributed by atoms with E-state index in [4.69, 9.17) is 23.2 Å². The fourth-order valence-corrected chi connectivity index (χ4v) is 2.44. The standard InChI is InChI=1S/C12H14Cl2N2O/c1-12(2-3-15-7-12)11(17)16-10-5-8(13)4-9(14)6-10/h4-6,15H,2-3,7H2,1H3,(H,16,17). The first-order valence-corrected chi connectivity index (χ1v) is 6.23. The second kappa shape index (κ2) is 4.84. The zero-order valence-electron chi connectivity index (χ0n) is 9.52. The minimum atomic E-state index is -0.352. The largest absolute Gasteiger partial charge is 0.325 e. The Bertz CT molecular complexity index is 422. The Kier molecular flexibility index (Phi) is 3.61. The number of nitrogens with one attached hydrogen (secondary N) is 2. The molecule has 17 heavy (non-hydrogen) atoms. The predicted octanol–water partition coefficient (Wildman–Crippen LogP) is 2.93. The van der Waals surface area contributed by atoms with Gasteiger partial charge in [-0.2, -0.15) is 0 Å². The van der Waals surface area contributed by atoms with Gasteiger partial charge in [0.15, 0.2) is 0 Å². The van der Waals surface area contributed by atoms with Crippen LogP contribution in [0.4, 0.5) is 5.69 Å². The van der Waals surface area contributed by atoms with Crippen LogP contribution in [0.5, 0.6) is 0 Å². The Hall–Kier alpha value is -0.770. The summed E-state index contributed by atoms with van der Waals surface area (Å²) in [6.07, 6.45) is 0.840. The summed E-state index contributed by atoms with van der Waals surface area (Å²) in [7, 11) is 0. The van der Waals surface area contributed by atoms with Crippen LogP contribution in [-0.4, -0.2) is 19.0 Å². The molecule has 1 amide bonds. The van der Waals surface area contributed by atoms with Gasteiger partial charge in [-0.05, 0) is 38.1 Å². The Morgan fingerprint density at radius 3 is 2.53 bits per heavy atom. The maximum atomic E-state index is 12.1. The molecular weight excluding hydrogens is 259 g/mol. The SMILES string of the molecule is CC1(C(=O)Nc2cc(Cl)cc(Cl)c2)CCNC1. The highest BCUT2D eigenvalue weighted by Crippen LogP contribution is 2.28. The molecule has 1 atom stereocenters. The molecule has 1 aromatic rings. The van der Waals surface area contributed by atoms with E-state index in [1.165, 1.54) is 0 Å². The molecule has 1 aliphatic rings. The van der Waals surface area contributed by atoms with E-state index >= 15 is 0 Å². The number of rotatable bonds is 2. The summed E-state index contributed by atoms with van der Waals surface area (Å²) in [5, 5.41) is 7.08. The van der Waals surface area contributed by atoms with Gasteiger partial charge in [-0.1, -0.05) is 23.2 Å². The van der Waals surface area contributed by atoms with E-state index in [2.05, 4.69) is 10.6 Å². The highest BCUT2D eigenvalue weighted by atomic mass is 35.5. The van der Waals surface area contributed by atoms with Crippen molar-refractivity contribution >= 4 is 34.8 Å². The van der Waals surface area contributed by atoms with E-state index < -0.39 is 0 Å². The predicted molar refractivity (Wildman–Crippen MR) is 70.7 cm³/mol. The van der Waals surface area contributed by atoms with Crippen LogP contribution < -0.4 is 10.6 Å². The Balaban J connectivity index is 2.12. The Labute approximate surface area is 110 Å². The van der Waals surface area contributed by atoms with Gasteiger partial charge in [0.1, 0.15) is 0 Å². The molecule has 0 aromatic heterocycles. The summed E-state index contributed by atoms with van der Waals surface area (Å²) in [6.45, 7) is 3.53. The van der Waals surface area contributed by atoms with E-state index in [1.807, 2.05) is 6.92 Å². The van der Waals surface area contributed by atoms with Gasteiger partial charge in [0.25, 0.3) is 0 Å². The molecule has 0 spiro atoms. The van der Waals surface area contributed by atoms with Crippen LogP contribution in [0.1, 0.15) is 13.3 Å². The fourth-order valence-electron chi connectivity index (χ4n) is 1.92. The molecule has 3 nitrogen and oxygen atoms in total. The number of carbonyl (C=O) groups excluding carboxylic acids is 1. The van der Waals surface area contributed by atoms with Crippen LogP contribution in [-0.2, 0) is 4.79 Å². The lowest BCUT2D eigenvalue weighted by Crippen LogP contribution is -2.35. The van der Waals surface area contributed by atoms with E-state index in [1.54, 1.807) is 18.2 Å². The summed E-state index contributed by atoms with van der Waals surface area (Å²) in [5.74, 6) is 0.000772. The van der Waals surface area contributed by atoms with Gasteiger partial charge >= 0.3 is 0 Å². The third-order valence-corrected chi connectivity index (χ3v) is 3.47. The molecule has 1 aromatic carbocycles. The molecule has 0 saturated carbocycles. The van der Waals surface area contributed by atoms with Gasteiger partial charge in [0, 0.05) is 22.3 Å². The number of halogens is 2. The molecule has 1 unspecified atom stereocenters. The van der Waals surface area contributed by atoms with Crippen LogP contribution in [0.25, 0.3) is 0 Å². The van der Waals surface area contributed by atoms with E-state index in [0.29, 0.717) is 22.3 Å². The number of amides is 1. The average Bonchev–Trinajstić information content (AvgIpc) is 2.64. The van der Waals surface area contributed by atoms with E-state index in [-0.39, 0.29) is 11.3 Å². The van der Waals surface area contributed by atoms with Gasteiger partial charge in [-0.25, -0.2) is 0 Å². The third kappa shape index (κ3) is 2.92. The molecule has 1 aliphatic heterocycles. The number of carbonyl (C=O) groups is 1. The molecule has 0 bridgehead atoms. The number of hydrogen-bond acceptors (Lipinski definition) is 2. The maximum Gasteiger partial charge on any atom is 0.231 e. The van der Waals surface area contributed by atoms with Gasteiger partial charge in [0.05, 0.1) is 5.41 Å². The first kappa shape index (κ1) is 12.7. The summed E-state index contributed by atoms with van der Waals surface area (Å²) < 4.78 is 0. The van der Waals surface area contributed by atoms with Crippen molar-refractivity contribution in [2.24, 2.45) is 5.41 Å². The third-order valence-electron chi connectivity index (χ3n) is 3.04.